The minimum absolute atomic E-state index is 0.220. The van der Waals surface area contributed by atoms with Gasteiger partial charge in [-0.1, -0.05) is 13.8 Å². The highest BCUT2D eigenvalue weighted by atomic mass is 16.4. The average Bonchev–Trinajstić information content (AvgIpc) is 2.84. The zero-order chi connectivity index (χ0) is 11.8. The summed E-state index contributed by atoms with van der Waals surface area (Å²) in [5, 5.41) is 11.9. The van der Waals surface area contributed by atoms with Crippen LogP contribution in [0, 0.1) is 11.3 Å². The van der Waals surface area contributed by atoms with Gasteiger partial charge in [0.2, 0.25) is 0 Å². The van der Waals surface area contributed by atoms with Crippen LogP contribution in [0.4, 0.5) is 5.82 Å². The molecule has 86 valence electrons. The van der Waals surface area contributed by atoms with Gasteiger partial charge in [-0.25, -0.2) is 9.78 Å². The summed E-state index contributed by atoms with van der Waals surface area (Å²) in [6.07, 6.45) is 2.62. The monoisotopic (exact) mass is 220 g/mol. The van der Waals surface area contributed by atoms with Crippen LogP contribution in [-0.4, -0.2) is 22.6 Å². The minimum atomic E-state index is -0.942. The predicted molar refractivity (Wildman–Crippen MR) is 61.6 cm³/mol. The number of carboxylic acids is 1. The Hall–Kier alpha value is -1.58. The molecule has 0 aliphatic heterocycles. The zero-order valence-corrected chi connectivity index (χ0v) is 9.53. The number of carbonyl (C=O) groups is 1. The number of hydrogen-bond donors (Lipinski definition) is 2. The molecular weight excluding hydrogens is 204 g/mol. The summed E-state index contributed by atoms with van der Waals surface area (Å²) in [7, 11) is 0. The Morgan fingerprint density at radius 3 is 2.75 bits per heavy atom. The molecule has 1 aliphatic rings. The maximum atomic E-state index is 10.6. The van der Waals surface area contributed by atoms with Gasteiger partial charge in [-0.15, -0.1) is 0 Å². The highest BCUT2D eigenvalue weighted by molar-refractivity contribution is 5.87. The number of nitrogens with zero attached hydrogens (tertiary/aromatic N) is 1. The highest BCUT2D eigenvalue weighted by Gasteiger charge is 2.44. The van der Waals surface area contributed by atoms with Crippen molar-refractivity contribution in [1.82, 2.24) is 4.98 Å². The van der Waals surface area contributed by atoms with E-state index in [0.717, 1.165) is 12.4 Å². The van der Waals surface area contributed by atoms with Crippen molar-refractivity contribution in [3.05, 3.63) is 23.9 Å². The first kappa shape index (κ1) is 10.9. The van der Waals surface area contributed by atoms with Gasteiger partial charge in [-0.2, -0.15) is 0 Å². The van der Waals surface area contributed by atoms with Crippen LogP contribution < -0.4 is 5.32 Å². The number of rotatable bonds is 4. The molecule has 0 spiro atoms. The topological polar surface area (TPSA) is 62.2 Å². The van der Waals surface area contributed by atoms with Crippen LogP contribution in [0.15, 0.2) is 18.3 Å². The van der Waals surface area contributed by atoms with E-state index < -0.39 is 5.97 Å². The van der Waals surface area contributed by atoms with E-state index in [1.807, 2.05) is 0 Å². The van der Waals surface area contributed by atoms with Crippen molar-refractivity contribution in [1.29, 1.82) is 0 Å². The van der Waals surface area contributed by atoms with Gasteiger partial charge in [-0.05, 0) is 29.9 Å². The lowest BCUT2D eigenvalue weighted by Crippen LogP contribution is -2.08. The Balaban J connectivity index is 1.88. The lowest BCUT2D eigenvalue weighted by atomic mass is 10.1. The molecule has 0 amide bonds. The molecule has 0 saturated heterocycles. The van der Waals surface area contributed by atoms with Crippen molar-refractivity contribution in [2.45, 2.75) is 20.3 Å². The number of hydrogen-bond acceptors (Lipinski definition) is 3. The summed E-state index contributed by atoms with van der Waals surface area (Å²) >= 11 is 0. The molecule has 2 N–H and O–H groups in total. The van der Waals surface area contributed by atoms with E-state index in [2.05, 4.69) is 24.1 Å². The van der Waals surface area contributed by atoms with E-state index in [0.29, 0.717) is 11.3 Å². The van der Waals surface area contributed by atoms with E-state index in [4.69, 9.17) is 5.11 Å². The van der Waals surface area contributed by atoms with Gasteiger partial charge in [0.1, 0.15) is 5.82 Å². The first-order valence-electron chi connectivity index (χ1n) is 5.42. The Bertz CT molecular complexity index is 398. The van der Waals surface area contributed by atoms with Crippen molar-refractivity contribution in [2.24, 2.45) is 11.3 Å². The fourth-order valence-electron chi connectivity index (χ4n) is 1.78. The Labute approximate surface area is 94.7 Å². The van der Waals surface area contributed by atoms with Crippen LogP contribution >= 0.6 is 0 Å². The molecule has 1 heterocycles. The van der Waals surface area contributed by atoms with E-state index in [9.17, 15) is 4.79 Å². The standard InChI is InChI=1S/C12H16N2O2/c1-12(2)5-9(12)7-14-10-4-3-8(6-13-10)11(15)16/h3-4,6,9H,5,7H2,1-2H3,(H,13,14)(H,15,16). The number of carboxylic acid groups (broad SMARTS) is 1. The quantitative estimate of drug-likeness (QED) is 0.816. The van der Waals surface area contributed by atoms with Gasteiger partial charge >= 0.3 is 5.97 Å². The number of anilines is 1. The maximum Gasteiger partial charge on any atom is 0.337 e. The number of nitrogens with one attached hydrogen (secondary N) is 1. The van der Waals surface area contributed by atoms with Crippen molar-refractivity contribution in [3.8, 4) is 0 Å². The molecule has 1 atom stereocenters. The summed E-state index contributed by atoms with van der Waals surface area (Å²) < 4.78 is 0. The molecule has 4 heteroatoms. The molecule has 0 bridgehead atoms. The molecule has 1 saturated carbocycles. The first-order valence-corrected chi connectivity index (χ1v) is 5.42. The second kappa shape index (κ2) is 3.77. The summed E-state index contributed by atoms with van der Waals surface area (Å²) in [4.78, 5) is 14.7. The maximum absolute atomic E-state index is 10.6. The third-order valence-corrected chi connectivity index (χ3v) is 3.26. The second-order valence-electron chi connectivity index (χ2n) is 5.01. The lowest BCUT2D eigenvalue weighted by molar-refractivity contribution is 0.0696. The van der Waals surface area contributed by atoms with E-state index >= 15 is 0 Å². The molecule has 1 aromatic rings. The van der Waals surface area contributed by atoms with Crippen LogP contribution in [0.25, 0.3) is 0 Å². The van der Waals surface area contributed by atoms with Crippen molar-refractivity contribution in [3.63, 3.8) is 0 Å². The molecule has 1 fully saturated rings. The van der Waals surface area contributed by atoms with E-state index in [-0.39, 0.29) is 5.56 Å². The lowest BCUT2D eigenvalue weighted by Gasteiger charge is -2.06. The summed E-state index contributed by atoms with van der Waals surface area (Å²) in [6.45, 7) is 5.41. The van der Waals surface area contributed by atoms with Crippen molar-refractivity contribution < 1.29 is 9.90 Å². The summed E-state index contributed by atoms with van der Waals surface area (Å²) in [6, 6.07) is 3.27. The molecule has 0 aromatic carbocycles. The van der Waals surface area contributed by atoms with Crippen LogP contribution in [0.3, 0.4) is 0 Å². The summed E-state index contributed by atoms with van der Waals surface area (Å²) in [5.74, 6) is 0.503. The molecule has 1 unspecified atom stereocenters. The smallest absolute Gasteiger partial charge is 0.337 e. The van der Waals surface area contributed by atoms with Gasteiger partial charge in [0, 0.05) is 12.7 Å². The zero-order valence-electron chi connectivity index (χ0n) is 9.53. The highest BCUT2D eigenvalue weighted by Crippen LogP contribution is 2.51. The second-order valence-corrected chi connectivity index (χ2v) is 5.01. The normalized spacial score (nSPS) is 21.5. The van der Waals surface area contributed by atoms with Crippen LogP contribution in [0.1, 0.15) is 30.6 Å². The fraction of sp³-hybridized carbons (Fsp3) is 0.500. The fourth-order valence-corrected chi connectivity index (χ4v) is 1.78. The van der Waals surface area contributed by atoms with Gasteiger partial charge < -0.3 is 10.4 Å². The predicted octanol–water partition coefficient (Wildman–Crippen LogP) is 2.24. The SMILES string of the molecule is CC1(C)CC1CNc1ccc(C(=O)O)cn1. The van der Waals surface area contributed by atoms with Gasteiger partial charge in [-0.3, -0.25) is 0 Å². The summed E-state index contributed by atoms with van der Waals surface area (Å²) in [5.41, 5.74) is 0.672. The van der Waals surface area contributed by atoms with Crippen molar-refractivity contribution >= 4 is 11.8 Å². The third kappa shape index (κ3) is 2.32. The average molecular weight is 220 g/mol. The van der Waals surface area contributed by atoms with Gasteiger partial charge in [0.15, 0.2) is 0 Å². The number of aromatic nitrogens is 1. The molecule has 1 aliphatic carbocycles. The Morgan fingerprint density at radius 1 is 1.62 bits per heavy atom. The largest absolute Gasteiger partial charge is 0.478 e. The van der Waals surface area contributed by atoms with E-state index in [1.54, 1.807) is 12.1 Å². The minimum Gasteiger partial charge on any atom is -0.478 e. The van der Waals surface area contributed by atoms with Gasteiger partial charge in [0.25, 0.3) is 0 Å². The molecule has 4 nitrogen and oxygen atoms in total. The number of aromatic carboxylic acids is 1. The molecule has 16 heavy (non-hydrogen) atoms. The molecular formula is C12H16N2O2. The first-order chi connectivity index (χ1) is 7.49. The van der Waals surface area contributed by atoms with Crippen LogP contribution in [0.2, 0.25) is 0 Å². The van der Waals surface area contributed by atoms with E-state index in [1.165, 1.54) is 12.6 Å². The molecule has 2 rings (SSSR count). The Morgan fingerprint density at radius 2 is 2.31 bits per heavy atom. The van der Waals surface area contributed by atoms with Crippen molar-refractivity contribution in [2.75, 3.05) is 11.9 Å². The van der Waals surface area contributed by atoms with Crippen LogP contribution in [0.5, 0.6) is 0 Å². The Kier molecular flexibility index (Phi) is 2.58. The van der Waals surface area contributed by atoms with Gasteiger partial charge in [0.05, 0.1) is 5.56 Å². The van der Waals surface area contributed by atoms with Crippen LogP contribution in [-0.2, 0) is 0 Å². The third-order valence-electron chi connectivity index (χ3n) is 3.26. The molecule has 1 aromatic heterocycles. The number of pyridine rings is 1. The molecule has 0 radical (unpaired) electrons.